The van der Waals surface area contributed by atoms with Crippen LogP contribution in [0.25, 0.3) is 0 Å². The van der Waals surface area contributed by atoms with Crippen LogP contribution in [0.4, 0.5) is 13.2 Å². The van der Waals surface area contributed by atoms with Crippen LogP contribution in [0.5, 0.6) is 0 Å². The molecule has 0 fully saturated rings. The number of hydroxylamine groups is 2. The molecule has 0 saturated carbocycles. The van der Waals surface area contributed by atoms with Gasteiger partial charge >= 0.3 is 18.1 Å². The lowest BCUT2D eigenvalue weighted by molar-refractivity contribution is -0.184. The van der Waals surface area contributed by atoms with Gasteiger partial charge in [-0.05, 0) is 26.0 Å². The van der Waals surface area contributed by atoms with Gasteiger partial charge in [-0.25, -0.2) is 4.79 Å². The molecule has 2 rings (SSSR count). The van der Waals surface area contributed by atoms with Crippen LogP contribution in [0, 0.1) is 0 Å². The van der Waals surface area contributed by atoms with E-state index in [1.807, 2.05) is 0 Å². The molecule has 3 amide bonds. The number of fused-ring (bicyclic) bond motifs is 1. The Kier molecular flexibility index (Phi) is 4.09. The molecule has 0 spiro atoms. The Hall–Kier alpha value is -2.91. The number of benzene rings is 1. The average Bonchev–Trinajstić information content (AvgIpc) is 2.71. The molecule has 1 aromatic rings. The second kappa shape index (κ2) is 5.62. The van der Waals surface area contributed by atoms with E-state index in [0.29, 0.717) is 0 Å². The highest BCUT2D eigenvalue weighted by Gasteiger charge is 2.46. The second-order valence-corrected chi connectivity index (χ2v) is 5.41. The molecule has 1 aromatic carbocycles. The minimum atomic E-state index is -5.20. The zero-order chi connectivity index (χ0) is 18.3. The topological polar surface area (TPSA) is 92.8 Å². The van der Waals surface area contributed by atoms with E-state index in [1.165, 1.54) is 29.6 Å². The van der Waals surface area contributed by atoms with Crippen LogP contribution in [0.3, 0.4) is 0 Å². The van der Waals surface area contributed by atoms with Crippen LogP contribution in [-0.4, -0.2) is 40.5 Å². The molecule has 0 radical (unpaired) electrons. The maximum absolute atomic E-state index is 12.3. The van der Waals surface area contributed by atoms with Gasteiger partial charge in [0, 0.05) is 0 Å². The summed E-state index contributed by atoms with van der Waals surface area (Å²) in [6.45, 7) is 1.88. The Morgan fingerprint density at radius 2 is 1.50 bits per heavy atom. The Labute approximate surface area is 133 Å². The van der Waals surface area contributed by atoms with E-state index >= 15 is 0 Å². The van der Waals surface area contributed by atoms with E-state index < -0.39 is 35.4 Å². The fraction of sp³-hybridized carbons (Fsp3) is 0.286. The average molecular weight is 344 g/mol. The Balaban J connectivity index is 2.14. The lowest BCUT2D eigenvalue weighted by atomic mass is 10.1. The number of carbonyl (C=O) groups is 4. The van der Waals surface area contributed by atoms with E-state index in [0.717, 1.165) is 13.8 Å². The number of nitrogens with zero attached hydrogens (tertiary/aromatic N) is 1. The fourth-order valence-corrected chi connectivity index (χ4v) is 1.85. The first-order chi connectivity index (χ1) is 10.9. The Morgan fingerprint density at radius 3 is 1.92 bits per heavy atom. The zero-order valence-corrected chi connectivity index (χ0v) is 12.4. The van der Waals surface area contributed by atoms with Crippen molar-refractivity contribution in [3.05, 3.63) is 35.4 Å². The summed E-state index contributed by atoms with van der Waals surface area (Å²) in [7, 11) is 0. The molecule has 0 aromatic heterocycles. The molecule has 0 bridgehead atoms. The van der Waals surface area contributed by atoms with Crippen LogP contribution in [0.15, 0.2) is 24.3 Å². The van der Waals surface area contributed by atoms with E-state index in [1.54, 1.807) is 0 Å². The first kappa shape index (κ1) is 17.4. The lowest BCUT2D eigenvalue weighted by Gasteiger charge is -2.25. The summed E-state index contributed by atoms with van der Waals surface area (Å²) < 4.78 is 36.8. The molecule has 0 aliphatic carbocycles. The fourth-order valence-electron chi connectivity index (χ4n) is 1.85. The minimum Gasteiger partial charge on any atom is -0.333 e. The highest BCUT2D eigenvalue weighted by Crippen LogP contribution is 2.24. The highest BCUT2D eigenvalue weighted by molar-refractivity contribution is 6.21. The number of alkyl halides is 3. The number of halogens is 3. The van der Waals surface area contributed by atoms with E-state index in [2.05, 4.69) is 4.84 Å². The van der Waals surface area contributed by atoms with E-state index in [4.69, 9.17) is 0 Å². The van der Waals surface area contributed by atoms with Gasteiger partial charge in [0.1, 0.15) is 5.54 Å². The molecule has 0 atom stereocenters. The molecular formula is C14H11F3N2O5. The summed E-state index contributed by atoms with van der Waals surface area (Å²) in [6, 6.07) is 5.64. The predicted octanol–water partition coefficient (Wildman–Crippen LogP) is 1.20. The van der Waals surface area contributed by atoms with Crippen LogP contribution in [-0.2, 0) is 14.4 Å². The van der Waals surface area contributed by atoms with Crippen LogP contribution >= 0.6 is 0 Å². The summed E-state index contributed by atoms with van der Waals surface area (Å²) >= 11 is 0. The van der Waals surface area contributed by atoms with Crippen LogP contribution in [0.1, 0.15) is 34.6 Å². The molecule has 7 nitrogen and oxygen atoms in total. The van der Waals surface area contributed by atoms with Gasteiger partial charge in [-0.15, -0.1) is 0 Å². The minimum absolute atomic E-state index is 0.00701. The van der Waals surface area contributed by atoms with Gasteiger partial charge < -0.3 is 10.2 Å². The van der Waals surface area contributed by atoms with E-state index in [9.17, 15) is 32.3 Å². The van der Waals surface area contributed by atoms with Crippen molar-refractivity contribution in [1.29, 1.82) is 0 Å². The maximum Gasteiger partial charge on any atom is 0.471 e. The SMILES string of the molecule is CC(C)(NC(=O)C(F)(F)F)C(=O)ON1C(=O)c2ccccc2C1=O. The lowest BCUT2D eigenvalue weighted by Crippen LogP contribution is -2.55. The smallest absolute Gasteiger partial charge is 0.333 e. The molecule has 1 aliphatic heterocycles. The monoisotopic (exact) mass is 344 g/mol. The van der Waals surface area contributed by atoms with Crippen molar-refractivity contribution < 1.29 is 37.2 Å². The molecule has 128 valence electrons. The van der Waals surface area contributed by atoms with Gasteiger partial charge in [-0.2, -0.15) is 13.2 Å². The Bertz CT molecular complexity index is 707. The summed E-state index contributed by atoms with van der Waals surface area (Å²) in [5.74, 6) is -5.62. The van der Waals surface area contributed by atoms with E-state index in [-0.39, 0.29) is 16.2 Å². The Morgan fingerprint density at radius 1 is 1.04 bits per heavy atom. The van der Waals surface area contributed by atoms with Crippen LogP contribution < -0.4 is 5.32 Å². The predicted molar refractivity (Wildman–Crippen MR) is 71.3 cm³/mol. The molecule has 1 heterocycles. The number of hydrogen-bond donors (Lipinski definition) is 1. The van der Waals surface area contributed by atoms with Crippen molar-refractivity contribution in [2.45, 2.75) is 25.6 Å². The van der Waals surface area contributed by atoms with Crippen molar-refractivity contribution in [3.63, 3.8) is 0 Å². The van der Waals surface area contributed by atoms with Crippen molar-refractivity contribution in [2.75, 3.05) is 0 Å². The third kappa shape index (κ3) is 3.07. The third-order valence-corrected chi connectivity index (χ3v) is 3.12. The quantitative estimate of drug-likeness (QED) is 0.832. The number of amides is 3. The molecule has 1 aliphatic rings. The van der Waals surface area contributed by atoms with Gasteiger partial charge in [0.15, 0.2) is 0 Å². The molecule has 0 saturated heterocycles. The second-order valence-electron chi connectivity index (χ2n) is 5.41. The van der Waals surface area contributed by atoms with Gasteiger partial charge in [-0.3, -0.25) is 14.4 Å². The van der Waals surface area contributed by atoms with Crippen molar-refractivity contribution in [1.82, 2.24) is 10.4 Å². The van der Waals surface area contributed by atoms with Crippen LogP contribution in [0.2, 0.25) is 0 Å². The number of nitrogens with one attached hydrogen (secondary N) is 1. The number of imide groups is 1. The van der Waals surface area contributed by atoms with Gasteiger partial charge in [0.05, 0.1) is 11.1 Å². The van der Waals surface area contributed by atoms with Gasteiger partial charge in [0.2, 0.25) is 0 Å². The molecule has 1 N–H and O–H groups in total. The van der Waals surface area contributed by atoms with Crippen molar-refractivity contribution in [3.8, 4) is 0 Å². The molecule has 0 unspecified atom stereocenters. The zero-order valence-electron chi connectivity index (χ0n) is 12.4. The molecule has 24 heavy (non-hydrogen) atoms. The normalized spacial score (nSPS) is 14.5. The van der Waals surface area contributed by atoms with Gasteiger partial charge in [0.25, 0.3) is 11.8 Å². The number of carbonyl (C=O) groups excluding carboxylic acids is 4. The maximum atomic E-state index is 12.3. The number of rotatable bonds is 3. The first-order valence-corrected chi connectivity index (χ1v) is 6.54. The largest absolute Gasteiger partial charge is 0.471 e. The molecule has 10 heteroatoms. The highest BCUT2D eigenvalue weighted by atomic mass is 19.4. The first-order valence-electron chi connectivity index (χ1n) is 6.54. The third-order valence-electron chi connectivity index (χ3n) is 3.12. The summed E-state index contributed by atoms with van der Waals surface area (Å²) in [6.07, 6.45) is -5.20. The van der Waals surface area contributed by atoms with Gasteiger partial charge in [-0.1, -0.05) is 17.2 Å². The summed E-state index contributed by atoms with van der Waals surface area (Å²) in [5.41, 5.74) is -2.14. The van der Waals surface area contributed by atoms with Crippen molar-refractivity contribution in [2.24, 2.45) is 0 Å². The molecular weight excluding hydrogens is 333 g/mol. The summed E-state index contributed by atoms with van der Waals surface area (Å²) in [4.78, 5) is 51.5. The summed E-state index contributed by atoms with van der Waals surface area (Å²) in [5, 5.41) is 1.58. The number of hydrogen-bond acceptors (Lipinski definition) is 5. The van der Waals surface area contributed by atoms with Crippen molar-refractivity contribution >= 4 is 23.7 Å². The standard InChI is InChI=1S/C14H11F3N2O5/c1-13(2,18-11(22)14(15,16)17)12(23)24-19-9(20)7-5-3-4-6-8(7)10(19)21/h3-6H,1-2H3,(H,18,22).